The first kappa shape index (κ1) is 55.7. The quantitative estimate of drug-likeness (QED) is 0.147. The number of nitrogens with zero attached hydrogens (tertiary/aromatic N) is 3. The van der Waals surface area contributed by atoms with E-state index in [0.29, 0.717) is 5.56 Å². The Labute approximate surface area is 543 Å². The molecule has 0 N–H and O–H groups in total. The molecule has 0 spiro atoms. The minimum atomic E-state index is -2.48. The Morgan fingerprint density at radius 2 is 0.789 bits per heavy atom. The van der Waals surface area contributed by atoms with Crippen molar-refractivity contribution < 1.29 is 4.11 Å². The highest BCUT2D eigenvalue weighted by molar-refractivity contribution is 7.00. The van der Waals surface area contributed by atoms with Crippen LogP contribution in [0.25, 0.3) is 22.3 Å². The Kier molecular flexibility index (Phi) is 12.6. The largest absolute Gasteiger partial charge is 0.311 e. The Bertz CT molecular complexity index is 4570. The molecule has 0 unspecified atom stereocenters. The summed E-state index contributed by atoms with van der Waals surface area (Å²) in [6.07, 6.45) is 0.994. The van der Waals surface area contributed by atoms with Crippen LogP contribution in [-0.2, 0) is 37.9 Å². The summed E-state index contributed by atoms with van der Waals surface area (Å²) in [6.45, 7) is 36.9. The van der Waals surface area contributed by atoms with Gasteiger partial charge in [0, 0.05) is 65.9 Å². The van der Waals surface area contributed by atoms with Crippen molar-refractivity contribution in [3.05, 3.63) is 262 Å². The molecule has 0 bridgehead atoms. The van der Waals surface area contributed by atoms with Crippen LogP contribution in [0.4, 0.5) is 51.2 Å². The Morgan fingerprint density at radius 1 is 0.367 bits per heavy atom. The van der Waals surface area contributed by atoms with Crippen molar-refractivity contribution in [3.8, 4) is 22.3 Å². The van der Waals surface area contributed by atoms with Gasteiger partial charge in [0.05, 0.1) is 11.4 Å². The number of aryl methyl sites for hydroxylation is 1. The molecule has 90 heavy (non-hydrogen) atoms. The summed E-state index contributed by atoms with van der Waals surface area (Å²) in [5.74, 6) is 0. The molecule has 452 valence electrons. The van der Waals surface area contributed by atoms with Gasteiger partial charge in [0.25, 0.3) is 6.71 Å². The van der Waals surface area contributed by atoms with Crippen LogP contribution in [0, 0.1) is 6.85 Å². The Hall–Kier alpha value is -8.34. The zero-order valence-corrected chi connectivity index (χ0v) is 56.3. The average Bonchev–Trinajstić information content (AvgIpc) is 0.887. The van der Waals surface area contributed by atoms with Gasteiger partial charge in [-0.15, -0.1) is 0 Å². The second kappa shape index (κ2) is 20.3. The maximum atomic E-state index is 9.62. The molecule has 0 saturated carbocycles. The van der Waals surface area contributed by atoms with Gasteiger partial charge >= 0.3 is 0 Å². The maximum Gasteiger partial charge on any atom is 0.252 e. The molecule has 0 radical (unpaired) electrons. The summed E-state index contributed by atoms with van der Waals surface area (Å²) in [6, 6.07) is 77.5. The van der Waals surface area contributed by atoms with E-state index in [2.05, 4.69) is 327 Å². The maximum absolute atomic E-state index is 9.62. The number of rotatable bonds is 7. The highest BCUT2D eigenvalue weighted by Gasteiger charge is 2.50. The van der Waals surface area contributed by atoms with Crippen molar-refractivity contribution in [1.29, 1.82) is 0 Å². The summed E-state index contributed by atoms with van der Waals surface area (Å²) in [7, 11) is 0. The van der Waals surface area contributed by atoms with Crippen LogP contribution in [0.3, 0.4) is 0 Å². The summed E-state index contributed by atoms with van der Waals surface area (Å²) in [4.78, 5) is 7.42. The van der Waals surface area contributed by atoms with Crippen LogP contribution in [0.5, 0.6) is 0 Å². The minimum Gasteiger partial charge on any atom is -0.311 e. The van der Waals surface area contributed by atoms with E-state index in [9.17, 15) is 4.11 Å². The van der Waals surface area contributed by atoms with E-state index in [1.165, 1.54) is 55.5 Å². The number of hydrogen-bond donors (Lipinski definition) is 0. The summed E-state index contributed by atoms with van der Waals surface area (Å²) in [5.41, 5.74) is 27.5. The van der Waals surface area contributed by atoms with Gasteiger partial charge in [0.2, 0.25) is 0 Å². The van der Waals surface area contributed by atoms with Gasteiger partial charge in [-0.1, -0.05) is 239 Å². The third kappa shape index (κ3) is 9.43. The summed E-state index contributed by atoms with van der Waals surface area (Å²) < 4.78 is 28.9. The standard InChI is InChI=1S/C86H90BN3/c1-54-45-77-79-78(46-54)90(75-51-68-67(83(11,12)53-84(68,13)14)49-64(75)56-29-23-20-24-30-56)74-44-42-62(88(60-38-33-57(34-39-60)80(2,3)4)61-40-35-58(36-41-61)81(5,6)7)48-71(74)87(79)72-50-69-70(86(17,18)66-32-26-25-31-65(66)85(69,15)16)52-76(72)89(77)73-43-37-59(82(8,9)10)47-63(73)55-27-21-19-22-28-55/h19-52H,53H2,1-18H3/i1D3. The summed E-state index contributed by atoms with van der Waals surface area (Å²) in [5, 5.41) is 0. The highest BCUT2D eigenvalue weighted by atomic mass is 15.2. The van der Waals surface area contributed by atoms with E-state index in [-0.39, 0.29) is 39.2 Å². The molecule has 2 heterocycles. The van der Waals surface area contributed by atoms with E-state index < -0.39 is 12.3 Å². The average molecular weight is 1180 g/mol. The molecule has 0 fully saturated rings. The highest BCUT2D eigenvalue weighted by Crippen LogP contribution is 2.57. The monoisotopic (exact) mass is 1180 g/mol. The van der Waals surface area contributed by atoms with Crippen molar-refractivity contribution in [2.75, 3.05) is 14.7 Å². The molecule has 14 rings (SSSR count). The van der Waals surface area contributed by atoms with Crippen molar-refractivity contribution in [2.24, 2.45) is 0 Å². The lowest BCUT2D eigenvalue weighted by Gasteiger charge is -2.48. The molecule has 0 atom stereocenters. The molecular formula is C86H90BN3. The smallest absolute Gasteiger partial charge is 0.252 e. The molecule has 3 nitrogen and oxygen atoms in total. The van der Waals surface area contributed by atoms with Gasteiger partial charge in [-0.05, 0) is 208 Å². The number of hydrogen-bond acceptors (Lipinski definition) is 3. The molecule has 0 aromatic heterocycles. The lowest BCUT2D eigenvalue weighted by molar-refractivity contribution is 0.403. The number of fused-ring (bicyclic) bond motifs is 7. The number of anilines is 9. The normalized spacial score (nSPS) is 17.0. The van der Waals surface area contributed by atoms with Crippen LogP contribution in [0.1, 0.15) is 184 Å². The van der Waals surface area contributed by atoms with Crippen LogP contribution >= 0.6 is 0 Å². The first-order valence-corrected chi connectivity index (χ1v) is 32.8. The first-order chi connectivity index (χ1) is 43.6. The Balaban J connectivity index is 1.16. The molecule has 0 saturated heterocycles. The molecule has 2 aliphatic heterocycles. The Morgan fingerprint density at radius 3 is 1.30 bits per heavy atom. The fourth-order valence-electron chi connectivity index (χ4n) is 16.3. The topological polar surface area (TPSA) is 9.72 Å². The van der Waals surface area contributed by atoms with E-state index in [0.717, 1.165) is 90.8 Å². The fraction of sp³-hybridized carbons (Fsp3) is 0.302. The molecule has 2 aliphatic carbocycles. The molecule has 4 aliphatic rings. The van der Waals surface area contributed by atoms with Gasteiger partial charge < -0.3 is 14.7 Å². The summed E-state index contributed by atoms with van der Waals surface area (Å²) >= 11 is 0. The van der Waals surface area contributed by atoms with Gasteiger partial charge in [-0.3, -0.25) is 0 Å². The van der Waals surface area contributed by atoms with Gasteiger partial charge in [-0.2, -0.15) is 0 Å². The molecule has 0 amide bonds. The third-order valence-electron chi connectivity index (χ3n) is 21.0. The molecular weight excluding hydrogens is 1090 g/mol. The van der Waals surface area contributed by atoms with E-state index >= 15 is 0 Å². The van der Waals surface area contributed by atoms with Crippen molar-refractivity contribution in [3.63, 3.8) is 0 Å². The SMILES string of the molecule is [2H]C([2H])([2H])c1cc2c3c(c1)N(c1cc4c(cc1-c1ccccc1)C(C)(C)CC4(C)C)c1ccc(N(c4ccc(C(C)(C)C)cc4)c4ccc(C(C)(C)C)cc4)cc1B3c1cc3c(cc1N2c1ccc(C(C)(C)C)cc1-c1ccccc1)C(C)(C)c1ccccc1C3(C)C. The van der Waals surface area contributed by atoms with Crippen molar-refractivity contribution in [2.45, 2.75) is 169 Å². The lowest BCUT2D eigenvalue weighted by atomic mass is 9.33. The fourth-order valence-corrected chi connectivity index (χ4v) is 16.3. The second-order valence-corrected chi connectivity index (χ2v) is 32.0. The van der Waals surface area contributed by atoms with E-state index in [1.807, 2.05) is 12.1 Å². The van der Waals surface area contributed by atoms with Crippen molar-refractivity contribution in [1.82, 2.24) is 0 Å². The molecule has 10 aromatic carbocycles. The first-order valence-electron chi connectivity index (χ1n) is 34.3. The minimum absolute atomic E-state index is 0.0393. The lowest BCUT2D eigenvalue weighted by Crippen LogP contribution is -2.62. The predicted octanol–water partition coefficient (Wildman–Crippen LogP) is 21.7. The zero-order valence-electron chi connectivity index (χ0n) is 59.3. The van der Waals surface area contributed by atoms with E-state index in [1.54, 1.807) is 0 Å². The van der Waals surface area contributed by atoms with Crippen LogP contribution < -0.4 is 31.1 Å². The second-order valence-electron chi connectivity index (χ2n) is 32.0. The van der Waals surface area contributed by atoms with Crippen LogP contribution in [0.2, 0.25) is 0 Å². The third-order valence-corrected chi connectivity index (χ3v) is 21.0. The van der Waals surface area contributed by atoms with Gasteiger partial charge in [-0.25, -0.2) is 0 Å². The number of benzene rings is 10. The molecule has 4 heteroatoms. The van der Waals surface area contributed by atoms with Gasteiger partial charge in [0.1, 0.15) is 0 Å². The van der Waals surface area contributed by atoms with E-state index in [4.69, 9.17) is 0 Å². The van der Waals surface area contributed by atoms with Crippen LogP contribution in [-0.4, -0.2) is 6.71 Å². The zero-order chi connectivity index (χ0) is 66.1. The predicted molar refractivity (Wildman–Crippen MR) is 388 cm³/mol. The van der Waals surface area contributed by atoms with Crippen LogP contribution in [0.15, 0.2) is 206 Å². The van der Waals surface area contributed by atoms with Crippen molar-refractivity contribution >= 4 is 74.3 Å². The van der Waals surface area contributed by atoms with Gasteiger partial charge in [0.15, 0.2) is 0 Å². The molecule has 10 aromatic rings.